The summed E-state index contributed by atoms with van der Waals surface area (Å²) in [6.45, 7) is 4.02. The molecule has 148 valence electrons. The Bertz CT molecular complexity index is 786. The molecule has 1 heterocycles. The van der Waals surface area contributed by atoms with E-state index in [1.807, 2.05) is 25.1 Å². The fraction of sp³-hybridized carbons (Fsp3) is 0.333. The lowest BCUT2D eigenvalue weighted by Crippen LogP contribution is -2.39. The number of halogens is 1. The van der Waals surface area contributed by atoms with Crippen LogP contribution < -0.4 is 15.4 Å². The lowest BCUT2D eigenvalue weighted by molar-refractivity contribution is 0.581. The van der Waals surface area contributed by atoms with E-state index >= 15 is 0 Å². The minimum atomic E-state index is -3.55. The van der Waals surface area contributed by atoms with Gasteiger partial charge in [-0.15, -0.1) is 24.0 Å². The van der Waals surface area contributed by atoms with Gasteiger partial charge in [-0.25, -0.2) is 13.1 Å². The molecule has 9 heteroatoms. The standard InChI is InChI=1S/C18H25N5O2S.HI/c1-2-20-18(21-12-10-16-7-4-3-5-8-16)22-13-14-23-26(24,25)17-9-6-11-19-15-17;/h3-9,11,15,23H,2,10,12-14H2,1H3,(H2,20,21,22);1H. The van der Waals surface area contributed by atoms with E-state index in [0.29, 0.717) is 12.5 Å². The SMILES string of the molecule is CCNC(=NCCNS(=O)(=O)c1cccnc1)NCCc1ccccc1.I. The number of aliphatic imine (C=N–C) groups is 1. The zero-order chi connectivity index (χ0) is 18.7. The maximum Gasteiger partial charge on any atom is 0.242 e. The zero-order valence-corrected chi connectivity index (χ0v) is 18.4. The third-order valence-electron chi connectivity index (χ3n) is 3.51. The molecule has 1 aromatic carbocycles. The van der Waals surface area contributed by atoms with Gasteiger partial charge in [0.1, 0.15) is 4.90 Å². The summed E-state index contributed by atoms with van der Waals surface area (Å²) >= 11 is 0. The highest BCUT2D eigenvalue weighted by molar-refractivity contribution is 14.0. The Morgan fingerprint density at radius 1 is 1.07 bits per heavy atom. The van der Waals surface area contributed by atoms with Crippen LogP contribution in [0.25, 0.3) is 0 Å². The van der Waals surface area contributed by atoms with Gasteiger partial charge in [0.2, 0.25) is 10.0 Å². The second-order valence-corrected chi connectivity index (χ2v) is 7.28. The van der Waals surface area contributed by atoms with Gasteiger partial charge in [0.05, 0.1) is 6.54 Å². The largest absolute Gasteiger partial charge is 0.357 e. The van der Waals surface area contributed by atoms with E-state index in [4.69, 9.17) is 0 Å². The number of nitrogens with zero attached hydrogens (tertiary/aromatic N) is 2. The number of guanidine groups is 1. The van der Waals surface area contributed by atoms with Crippen molar-refractivity contribution in [3.8, 4) is 0 Å². The molecule has 1 aromatic heterocycles. The Balaban J connectivity index is 0.00000364. The van der Waals surface area contributed by atoms with Crippen molar-refractivity contribution in [3.63, 3.8) is 0 Å². The van der Waals surface area contributed by atoms with Crippen LogP contribution in [0, 0.1) is 0 Å². The Morgan fingerprint density at radius 2 is 1.85 bits per heavy atom. The Hall–Kier alpha value is -1.72. The highest BCUT2D eigenvalue weighted by Crippen LogP contribution is 2.04. The summed E-state index contributed by atoms with van der Waals surface area (Å²) in [6.07, 6.45) is 3.74. The first-order valence-electron chi connectivity index (χ1n) is 8.57. The van der Waals surface area contributed by atoms with Crippen LogP contribution in [0.3, 0.4) is 0 Å². The van der Waals surface area contributed by atoms with Gasteiger partial charge in [-0.1, -0.05) is 30.3 Å². The average Bonchev–Trinajstić information content (AvgIpc) is 2.67. The molecule has 0 aliphatic heterocycles. The number of nitrogens with one attached hydrogen (secondary N) is 3. The minimum absolute atomic E-state index is 0. The molecule has 0 bridgehead atoms. The van der Waals surface area contributed by atoms with Crippen molar-refractivity contribution in [1.29, 1.82) is 0 Å². The molecule has 0 atom stereocenters. The number of sulfonamides is 1. The monoisotopic (exact) mass is 503 g/mol. The van der Waals surface area contributed by atoms with Gasteiger partial charge in [0, 0.05) is 32.0 Å². The van der Waals surface area contributed by atoms with E-state index in [9.17, 15) is 8.42 Å². The van der Waals surface area contributed by atoms with Crippen molar-refractivity contribution >= 4 is 40.0 Å². The smallest absolute Gasteiger partial charge is 0.242 e. The zero-order valence-electron chi connectivity index (χ0n) is 15.3. The third-order valence-corrected chi connectivity index (χ3v) is 4.96. The summed E-state index contributed by atoms with van der Waals surface area (Å²) < 4.78 is 26.7. The van der Waals surface area contributed by atoms with Gasteiger partial charge in [-0.3, -0.25) is 9.98 Å². The first kappa shape index (κ1) is 23.3. The van der Waals surface area contributed by atoms with Gasteiger partial charge in [-0.05, 0) is 31.0 Å². The van der Waals surface area contributed by atoms with Crippen molar-refractivity contribution in [3.05, 3.63) is 60.4 Å². The number of pyridine rings is 1. The van der Waals surface area contributed by atoms with E-state index in [1.165, 1.54) is 24.0 Å². The van der Waals surface area contributed by atoms with E-state index in [-0.39, 0.29) is 35.4 Å². The van der Waals surface area contributed by atoms with Crippen molar-refractivity contribution < 1.29 is 8.42 Å². The highest BCUT2D eigenvalue weighted by Gasteiger charge is 2.12. The summed E-state index contributed by atoms with van der Waals surface area (Å²) in [4.78, 5) is 8.37. The molecule has 0 unspecified atom stereocenters. The second-order valence-electron chi connectivity index (χ2n) is 5.51. The maximum atomic E-state index is 12.1. The third kappa shape index (κ3) is 8.67. The molecular formula is C18H26IN5O2S. The van der Waals surface area contributed by atoms with Crippen LogP contribution in [-0.2, 0) is 16.4 Å². The molecule has 27 heavy (non-hydrogen) atoms. The van der Waals surface area contributed by atoms with Crippen LogP contribution >= 0.6 is 24.0 Å². The van der Waals surface area contributed by atoms with Gasteiger partial charge in [0.25, 0.3) is 0 Å². The van der Waals surface area contributed by atoms with Crippen molar-refractivity contribution in [1.82, 2.24) is 20.3 Å². The number of hydrogen-bond donors (Lipinski definition) is 3. The maximum absolute atomic E-state index is 12.1. The van der Waals surface area contributed by atoms with Crippen LogP contribution in [-0.4, -0.2) is 45.5 Å². The lowest BCUT2D eigenvalue weighted by atomic mass is 10.1. The predicted octanol–water partition coefficient (Wildman–Crippen LogP) is 1.78. The van der Waals surface area contributed by atoms with Crippen LogP contribution in [0.4, 0.5) is 0 Å². The molecule has 0 saturated heterocycles. The molecule has 0 aliphatic rings. The highest BCUT2D eigenvalue weighted by atomic mass is 127. The predicted molar refractivity (Wildman–Crippen MR) is 119 cm³/mol. The number of rotatable bonds is 9. The summed E-state index contributed by atoms with van der Waals surface area (Å²) in [6, 6.07) is 13.3. The topological polar surface area (TPSA) is 95.5 Å². The number of aromatic nitrogens is 1. The second kappa shape index (κ2) is 12.6. The van der Waals surface area contributed by atoms with Crippen molar-refractivity contribution in [2.45, 2.75) is 18.2 Å². The normalized spacial score (nSPS) is 11.5. The molecule has 0 fully saturated rings. The average molecular weight is 503 g/mol. The van der Waals surface area contributed by atoms with E-state index in [2.05, 4.69) is 37.5 Å². The van der Waals surface area contributed by atoms with Gasteiger partial charge in [-0.2, -0.15) is 0 Å². The number of benzene rings is 1. The van der Waals surface area contributed by atoms with Gasteiger partial charge < -0.3 is 10.6 Å². The summed E-state index contributed by atoms with van der Waals surface area (Å²) in [7, 11) is -3.55. The quantitative estimate of drug-likeness (QED) is 0.210. The Labute approximate surface area is 178 Å². The fourth-order valence-electron chi connectivity index (χ4n) is 2.25. The van der Waals surface area contributed by atoms with E-state index < -0.39 is 10.0 Å². The molecule has 2 aromatic rings. The van der Waals surface area contributed by atoms with E-state index in [0.717, 1.165) is 19.5 Å². The molecule has 0 saturated carbocycles. The van der Waals surface area contributed by atoms with Crippen molar-refractivity contribution in [2.24, 2.45) is 4.99 Å². The first-order valence-corrected chi connectivity index (χ1v) is 10.1. The summed E-state index contributed by atoms with van der Waals surface area (Å²) in [5.41, 5.74) is 1.25. The Kier molecular flexibility index (Phi) is 10.9. The van der Waals surface area contributed by atoms with Crippen molar-refractivity contribution in [2.75, 3.05) is 26.2 Å². The first-order chi connectivity index (χ1) is 12.6. The molecule has 0 radical (unpaired) electrons. The fourth-order valence-corrected chi connectivity index (χ4v) is 3.23. The molecule has 7 nitrogen and oxygen atoms in total. The number of hydrogen-bond acceptors (Lipinski definition) is 4. The van der Waals surface area contributed by atoms with Gasteiger partial charge >= 0.3 is 0 Å². The summed E-state index contributed by atoms with van der Waals surface area (Å²) in [5.74, 6) is 0.670. The molecule has 0 aliphatic carbocycles. The molecule has 0 spiro atoms. The van der Waals surface area contributed by atoms with Crippen LogP contribution in [0.5, 0.6) is 0 Å². The molecule has 3 N–H and O–H groups in total. The molecule has 2 rings (SSSR count). The van der Waals surface area contributed by atoms with Crippen LogP contribution in [0.2, 0.25) is 0 Å². The van der Waals surface area contributed by atoms with Crippen LogP contribution in [0.15, 0.2) is 64.7 Å². The molecular weight excluding hydrogens is 477 g/mol. The minimum Gasteiger partial charge on any atom is -0.357 e. The summed E-state index contributed by atoms with van der Waals surface area (Å²) in [5, 5.41) is 6.40. The van der Waals surface area contributed by atoms with E-state index in [1.54, 1.807) is 6.07 Å². The molecule has 0 amide bonds. The lowest BCUT2D eigenvalue weighted by Gasteiger charge is -2.11. The van der Waals surface area contributed by atoms with Crippen LogP contribution in [0.1, 0.15) is 12.5 Å². The Morgan fingerprint density at radius 3 is 2.52 bits per heavy atom. The van der Waals surface area contributed by atoms with Gasteiger partial charge in [0.15, 0.2) is 5.96 Å².